The van der Waals surface area contributed by atoms with E-state index in [9.17, 15) is 9.59 Å². The van der Waals surface area contributed by atoms with Gasteiger partial charge in [0.05, 0.1) is 5.52 Å². The topological polar surface area (TPSA) is 97.5 Å². The number of rotatable bonds is 7. The molecule has 1 aromatic heterocycles. The van der Waals surface area contributed by atoms with Gasteiger partial charge in [0, 0.05) is 24.7 Å². The highest BCUT2D eigenvalue weighted by Gasteiger charge is 2.23. The molecule has 0 fully saturated rings. The van der Waals surface area contributed by atoms with Gasteiger partial charge < -0.3 is 9.84 Å². The van der Waals surface area contributed by atoms with E-state index in [1.165, 1.54) is 11.1 Å². The Kier molecular flexibility index (Phi) is 5.62. The third-order valence-corrected chi connectivity index (χ3v) is 6.03. The highest BCUT2D eigenvalue weighted by molar-refractivity contribution is 5.90. The van der Waals surface area contributed by atoms with Crippen molar-refractivity contribution in [2.45, 2.75) is 57.2 Å². The van der Waals surface area contributed by atoms with Crippen molar-refractivity contribution < 1.29 is 19.4 Å². The predicted octanol–water partition coefficient (Wildman–Crippen LogP) is 2.84. The summed E-state index contributed by atoms with van der Waals surface area (Å²) in [7, 11) is 2.08. The van der Waals surface area contributed by atoms with Crippen molar-refractivity contribution >= 4 is 23.5 Å². The van der Waals surface area contributed by atoms with Crippen molar-refractivity contribution in [1.29, 1.82) is 0 Å². The second-order valence-electron chi connectivity index (χ2n) is 7.86. The molecule has 0 bridgehead atoms. The lowest BCUT2D eigenvalue weighted by Crippen LogP contribution is -2.35. The average Bonchev–Trinajstić information content (AvgIpc) is 3.34. The number of hydrogen-bond acceptors (Lipinski definition) is 6. The molecular weight excluding hydrogens is 372 g/mol. The number of ether oxygens (including phenoxy) is 1. The molecule has 0 amide bonds. The van der Waals surface area contributed by atoms with Crippen LogP contribution in [0.5, 0.6) is 0 Å². The smallest absolute Gasteiger partial charge is 0.450 e. The van der Waals surface area contributed by atoms with Crippen LogP contribution in [0.1, 0.15) is 47.2 Å². The third kappa shape index (κ3) is 4.03. The number of fused-ring (bicyclic) bond motifs is 3. The lowest BCUT2D eigenvalue weighted by molar-refractivity contribution is 0.0600. The van der Waals surface area contributed by atoms with Gasteiger partial charge in [-0.15, -0.1) is 5.10 Å². The largest absolute Gasteiger partial charge is 0.506 e. The fourth-order valence-corrected chi connectivity index (χ4v) is 4.56. The van der Waals surface area contributed by atoms with Gasteiger partial charge in [0.1, 0.15) is 17.9 Å². The quantitative estimate of drug-likeness (QED) is 0.435. The first-order chi connectivity index (χ1) is 14.1. The molecular formula is C21H26N4O4. The first-order valence-corrected chi connectivity index (χ1v) is 10.2. The summed E-state index contributed by atoms with van der Waals surface area (Å²) >= 11 is 0. The van der Waals surface area contributed by atoms with Crippen LogP contribution >= 0.6 is 0 Å². The Balaban J connectivity index is 1.38. The first-order valence-electron chi connectivity index (χ1n) is 10.2. The van der Waals surface area contributed by atoms with Gasteiger partial charge in [-0.2, -0.15) is 0 Å². The fourth-order valence-electron chi connectivity index (χ4n) is 4.56. The number of likely N-dealkylation sites (N-methyl/N-ethyl adjacent to an activating group) is 1. The Labute approximate surface area is 169 Å². The van der Waals surface area contributed by atoms with Crippen molar-refractivity contribution in [3.05, 3.63) is 34.9 Å². The zero-order valence-corrected chi connectivity index (χ0v) is 16.6. The number of carboxylic acid groups (broad SMARTS) is 1. The molecule has 0 unspecified atom stereocenters. The van der Waals surface area contributed by atoms with Gasteiger partial charge in [-0.1, -0.05) is 11.3 Å². The van der Waals surface area contributed by atoms with Crippen LogP contribution in [0.3, 0.4) is 0 Å². The van der Waals surface area contributed by atoms with Crippen molar-refractivity contribution in [2.24, 2.45) is 0 Å². The molecule has 0 radical (unpaired) electrons. The zero-order chi connectivity index (χ0) is 20.4. The Morgan fingerprint density at radius 3 is 2.90 bits per heavy atom. The number of hydrogen-bond donors (Lipinski definition) is 1. The van der Waals surface area contributed by atoms with E-state index in [1.807, 2.05) is 22.9 Å². The van der Waals surface area contributed by atoms with E-state index in [-0.39, 0.29) is 12.1 Å². The minimum atomic E-state index is -1.22. The molecule has 2 aliphatic rings. The molecule has 2 atom stereocenters. The molecule has 0 spiro atoms. The molecule has 0 saturated carbocycles. The molecule has 29 heavy (non-hydrogen) atoms. The van der Waals surface area contributed by atoms with Gasteiger partial charge in [0.2, 0.25) is 0 Å². The minimum Gasteiger partial charge on any atom is -0.450 e. The van der Waals surface area contributed by atoms with Crippen LogP contribution < -0.4 is 0 Å². The molecule has 1 aromatic carbocycles. The molecule has 2 aliphatic carbocycles. The van der Waals surface area contributed by atoms with Crippen molar-refractivity contribution in [3.63, 3.8) is 0 Å². The van der Waals surface area contributed by atoms with Crippen LogP contribution in [-0.2, 0) is 24.1 Å². The van der Waals surface area contributed by atoms with Gasteiger partial charge in [-0.05, 0) is 68.8 Å². The first kappa shape index (κ1) is 19.6. The summed E-state index contributed by atoms with van der Waals surface area (Å²) in [6.07, 6.45) is 8.77. The van der Waals surface area contributed by atoms with Crippen LogP contribution in [-0.4, -0.2) is 63.2 Å². The van der Waals surface area contributed by atoms with Gasteiger partial charge in [-0.25, -0.2) is 9.48 Å². The molecule has 1 heterocycles. The summed E-state index contributed by atoms with van der Waals surface area (Å²) in [4.78, 5) is 24.3. The zero-order valence-electron chi connectivity index (χ0n) is 16.6. The fraction of sp³-hybridized carbons (Fsp3) is 0.524. The lowest BCUT2D eigenvalue weighted by Gasteiger charge is -2.29. The molecule has 0 saturated heterocycles. The van der Waals surface area contributed by atoms with Crippen LogP contribution in [0, 0.1) is 0 Å². The standard InChI is InChI=1S/C21H26N4O4/c1-24(15-6-8-16(9-7-15)29-21(27)28)10-3-11-25-20-18-5-2-4-17(18)14(13-26)12-19(20)22-23-25/h6,8,12-13,15-16H,2-5,7,9-11H2,1H3,(H,27,28)/t15-,16-/m1/s1. The van der Waals surface area contributed by atoms with Crippen LogP contribution in [0.25, 0.3) is 11.0 Å². The highest BCUT2D eigenvalue weighted by atomic mass is 16.7. The maximum absolute atomic E-state index is 11.4. The number of nitrogens with zero attached hydrogens (tertiary/aromatic N) is 4. The minimum absolute atomic E-state index is 0.288. The van der Waals surface area contributed by atoms with E-state index in [0.717, 1.165) is 68.1 Å². The number of carbonyl (C=O) groups is 2. The van der Waals surface area contributed by atoms with Crippen LogP contribution in [0.4, 0.5) is 4.79 Å². The van der Waals surface area contributed by atoms with Crippen LogP contribution in [0.15, 0.2) is 18.2 Å². The van der Waals surface area contributed by atoms with E-state index < -0.39 is 6.16 Å². The normalized spacial score (nSPS) is 20.9. The summed E-state index contributed by atoms with van der Waals surface area (Å²) in [6.45, 7) is 1.67. The maximum atomic E-state index is 11.4. The van der Waals surface area contributed by atoms with Gasteiger partial charge in [-0.3, -0.25) is 9.69 Å². The van der Waals surface area contributed by atoms with Gasteiger partial charge in [0.25, 0.3) is 0 Å². The lowest BCUT2D eigenvalue weighted by atomic mass is 9.99. The van der Waals surface area contributed by atoms with Crippen molar-refractivity contribution in [1.82, 2.24) is 19.9 Å². The molecule has 2 aromatic rings. The van der Waals surface area contributed by atoms with E-state index in [4.69, 9.17) is 9.84 Å². The molecule has 8 heteroatoms. The summed E-state index contributed by atoms with van der Waals surface area (Å²) in [5.74, 6) is 0. The van der Waals surface area contributed by atoms with E-state index in [1.54, 1.807) is 0 Å². The molecule has 4 rings (SSSR count). The number of aromatic nitrogens is 3. The number of benzene rings is 1. The van der Waals surface area contributed by atoms with Gasteiger partial charge >= 0.3 is 6.16 Å². The van der Waals surface area contributed by atoms with E-state index in [0.29, 0.717) is 6.42 Å². The highest BCUT2D eigenvalue weighted by Crippen LogP contribution is 2.31. The Hall–Kier alpha value is -2.74. The molecule has 8 nitrogen and oxygen atoms in total. The number of carbonyl (C=O) groups excluding carboxylic acids is 1. The molecule has 0 aliphatic heterocycles. The Morgan fingerprint density at radius 1 is 1.34 bits per heavy atom. The Bertz CT molecular complexity index is 952. The van der Waals surface area contributed by atoms with Crippen molar-refractivity contribution in [3.8, 4) is 0 Å². The monoisotopic (exact) mass is 398 g/mol. The number of aldehydes is 1. The summed E-state index contributed by atoms with van der Waals surface area (Å²) in [5, 5.41) is 17.3. The van der Waals surface area contributed by atoms with Gasteiger partial charge in [0.15, 0.2) is 0 Å². The van der Waals surface area contributed by atoms with Crippen molar-refractivity contribution in [2.75, 3.05) is 13.6 Å². The summed E-state index contributed by atoms with van der Waals surface area (Å²) < 4.78 is 6.80. The second-order valence-corrected chi connectivity index (χ2v) is 7.86. The SMILES string of the molecule is CN(CCCn1nnc2cc(C=O)c3c(c21)CCC3)[C@@H]1C=C[C@@H](OC(=O)O)CC1. The summed E-state index contributed by atoms with van der Waals surface area (Å²) in [5.41, 5.74) is 5.05. The second kappa shape index (κ2) is 8.32. The molecule has 1 N–H and O–H groups in total. The predicted molar refractivity (Wildman–Crippen MR) is 107 cm³/mol. The average molecular weight is 398 g/mol. The summed E-state index contributed by atoms with van der Waals surface area (Å²) in [6, 6.07) is 2.15. The maximum Gasteiger partial charge on any atom is 0.506 e. The van der Waals surface area contributed by atoms with E-state index in [2.05, 4.69) is 22.3 Å². The van der Waals surface area contributed by atoms with E-state index >= 15 is 0 Å². The number of aryl methyl sites for hydroxylation is 2. The third-order valence-electron chi connectivity index (χ3n) is 6.03. The Morgan fingerprint density at radius 2 is 2.17 bits per heavy atom. The van der Waals surface area contributed by atoms with Crippen LogP contribution in [0.2, 0.25) is 0 Å². The molecule has 154 valence electrons.